The third-order valence-electron chi connectivity index (χ3n) is 9.24. The van der Waals surface area contributed by atoms with Crippen molar-refractivity contribution in [2.45, 2.75) is 37.4 Å². The number of likely N-dealkylation sites (N-methyl/N-ethyl adjacent to an activating group) is 1. The van der Waals surface area contributed by atoms with Gasteiger partial charge in [-0.3, -0.25) is 33.5 Å². The van der Waals surface area contributed by atoms with Crippen LogP contribution in [0, 0.1) is 6.92 Å². The smallest absolute Gasteiger partial charge is 0.324 e. The molecule has 0 bridgehead atoms. The Balaban J connectivity index is 1.08. The van der Waals surface area contributed by atoms with Crippen LogP contribution >= 0.6 is 35.1 Å². The fourth-order valence-electron chi connectivity index (χ4n) is 6.39. The Hall–Kier alpha value is -3.31. The summed E-state index contributed by atoms with van der Waals surface area (Å²) >= 11 is 8.85. The van der Waals surface area contributed by atoms with E-state index >= 15 is 0 Å². The van der Waals surface area contributed by atoms with Gasteiger partial charge in [-0.1, -0.05) is 11.6 Å². The second-order valence-electron chi connectivity index (χ2n) is 12.6. The molecule has 5 rings (SSSR count). The number of methoxy groups -OCH3 is 1. The molecule has 52 heavy (non-hydrogen) atoms. The highest BCUT2D eigenvalue weighted by atomic mass is 35.5. The number of hydrogen-bond acceptors (Lipinski definition) is 12. The summed E-state index contributed by atoms with van der Waals surface area (Å²) in [4.78, 5) is 56.0. The molecule has 3 atom stereocenters. The summed E-state index contributed by atoms with van der Waals surface area (Å²) in [5, 5.41) is 17.2. The molecule has 3 aromatic rings. The van der Waals surface area contributed by atoms with Crippen molar-refractivity contribution in [3.05, 3.63) is 64.3 Å². The Morgan fingerprint density at radius 2 is 1.75 bits per heavy atom. The van der Waals surface area contributed by atoms with E-state index in [0.717, 1.165) is 10.9 Å². The highest BCUT2D eigenvalue weighted by Crippen LogP contribution is 2.41. The largest absolute Gasteiger partial charge is 0.497 e. The van der Waals surface area contributed by atoms with Crippen LogP contribution in [0.5, 0.6) is 5.75 Å². The maximum Gasteiger partial charge on any atom is 0.324 e. The maximum absolute atomic E-state index is 13.5. The highest BCUT2D eigenvalue weighted by Gasteiger charge is 2.50. The van der Waals surface area contributed by atoms with Gasteiger partial charge in [-0.2, -0.15) is 11.8 Å². The molecule has 2 saturated heterocycles. The van der Waals surface area contributed by atoms with Gasteiger partial charge in [-0.25, -0.2) is 0 Å². The van der Waals surface area contributed by atoms with E-state index in [1.807, 2.05) is 31.0 Å². The summed E-state index contributed by atoms with van der Waals surface area (Å²) in [5.74, 6) is 0.984. The van der Waals surface area contributed by atoms with Crippen LogP contribution in [0.1, 0.15) is 28.5 Å². The van der Waals surface area contributed by atoms with Gasteiger partial charge in [0.05, 0.1) is 44.9 Å². The lowest BCUT2D eigenvalue weighted by atomic mass is 10.1. The molecule has 0 saturated carbocycles. The number of nitrogens with zero attached hydrogens (tertiary/aromatic N) is 3. The average Bonchev–Trinajstić information content (AvgIpc) is 3.61. The van der Waals surface area contributed by atoms with E-state index in [2.05, 4.69) is 10.6 Å². The zero-order chi connectivity index (χ0) is 37.4. The lowest BCUT2D eigenvalue weighted by Gasteiger charge is -2.34. The monoisotopic (exact) mass is 775 g/mol. The number of nitrogens with one attached hydrogen (secondary N) is 2. The fraction of sp³-hybridized carbons (Fsp3) is 0.500. The number of carbonyl (C=O) groups excluding carboxylic acids is 4. The first-order chi connectivity index (χ1) is 25.0. The molecule has 3 N–H and O–H groups in total. The predicted octanol–water partition coefficient (Wildman–Crippen LogP) is 2.77. The maximum atomic E-state index is 13.5. The Kier molecular flexibility index (Phi) is 13.9. The second-order valence-corrected chi connectivity index (χ2v) is 15.3. The Bertz CT molecular complexity index is 1760. The molecule has 1 aromatic heterocycles. The summed E-state index contributed by atoms with van der Waals surface area (Å²) in [6.07, 6.45) is 0.0523. The number of amides is 2. The first-order valence-corrected chi connectivity index (χ1v) is 19.7. The molecule has 0 spiro atoms. The molecule has 0 aliphatic carbocycles. The number of ether oxygens (including phenoxy) is 3. The minimum Gasteiger partial charge on any atom is -0.497 e. The summed E-state index contributed by atoms with van der Waals surface area (Å²) in [5.41, 5.74) is 2.52. The van der Waals surface area contributed by atoms with E-state index in [-0.39, 0.29) is 56.5 Å². The third-order valence-corrected chi connectivity index (χ3v) is 12.2. The van der Waals surface area contributed by atoms with Crippen LogP contribution in [0.2, 0.25) is 5.02 Å². The van der Waals surface area contributed by atoms with Crippen molar-refractivity contribution in [1.29, 1.82) is 0 Å². The van der Waals surface area contributed by atoms with Gasteiger partial charge >= 0.3 is 5.97 Å². The molecule has 0 radical (unpaired) electrons. The van der Waals surface area contributed by atoms with Gasteiger partial charge < -0.3 is 30.0 Å². The molecular weight excluding hydrogens is 730 g/mol. The number of halogens is 1. The van der Waals surface area contributed by atoms with E-state index in [0.29, 0.717) is 64.4 Å². The molecule has 2 fully saturated rings. The number of fused-ring (bicyclic) bond motifs is 2. The molecule has 1 unspecified atom stereocenters. The van der Waals surface area contributed by atoms with E-state index in [1.165, 1.54) is 23.5 Å². The van der Waals surface area contributed by atoms with E-state index in [9.17, 15) is 24.3 Å². The Morgan fingerprint density at radius 3 is 2.46 bits per heavy atom. The standard InChI is InChI=1S/C36H46ClN5O8S2/c1-5-50-35(46)31-21-52-36(47)22-51-20-30(40(3)14-15-41(31)36)33(44)39-13-17-49-16-12-38-32(43)19-27-23(2)42(29-11-10-26(48-4)18-28(27)29)34(45)24-6-8-25(37)9-7-24/h6-11,18,30-31,47H,5,12-17,19-22H2,1-4H3,(H,38,43)(H,39,44)/t30-,31-,36?/m0/s1. The minimum absolute atomic E-state index is 0.0523. The Labute approximate surface area is 317 Å². The first kappa shape index (κ1) is 39.9. The second kappa shape index (κ2) is 18.1. The quantitative estimate of drug-likeness (QED) is 0.173. The summed E-state index contributed by atoms with van der Waals surface area (Å²) in [6, 6.07) is 11.2. The van der Waals surface area contributed by atoms with Gasteiger partial charge in [0.2, 0.25) is 11.8 Å². The van der Waals surface area contributed by atoms with Gasteiger partial charge in [-0.05, 0) is 68.9 Å². The van der Waals surface area contributed by atoms with Crippen LogP contribution in [-0.2, 0) is 30.3 Å². The molecule has 2 amide bonds. The topological polar surface area (TPSA) is 152 Å². The molecule has 282 valence electrons. The number of carbonyl (C=O) groups is 4. The van der Waals surface area contributed by atoms with Gasteiger partial charge in [0.15, 0.2) is 5.06 Å². The summed E-state index contributed by atoms with van der Waals surface area (Å²) < 4.78 is 18.0. The number of hydrogen-bond donors (Lipinski definition) is 3. The zero-order valence-corrected chi connectivity index (χ0v) is 32.2. The van der Waals surface area contributed by atoms with Gasteiger partial charge in [0, 0.05) is 65.1 Å². The number of aromatic nitrogens is 1. The third kappa shape index (κ3) is 9.24. The molecule has 3 heterocycles. The molecule has 16 heteroatoms. The highest BCUT2D eigenvalue weighted by molar-refractivity contribution is 8.04. The lowest BCUT2D eigenvalue weighted by Crippen LogP contribution is -2.54. The number of esters is 1. The predicted molar refractivity (Wildman–Crippen MR) is 203 cm³/mol. The molecule has 2 aromatic carbocycles. The minimum atomic E-state index is -1.19. The van der Waals surface area contributed by atoms with Crippen molar-refractivity contribution >= 4 is 69.7 Å². The van der Waals surface area contributed by atoms with Gasteiger partial charge in [0.1, 0.15) is 11.8 Å². The fourth-order valence-corrected chi connectivity index (χ4v) is 9.41. The van der Waals surface area contributed by atoms with Gasteiger partial charge in [-0.15, -0.1) is 11.8 Å². The number of aliphatic hydroxyl groups is 1. The molecule has 2 aliphatic heterocycles. The van der Waals surface area contributed by atoms with Crippen molar-refractivity contribution in [3.8, 4) is 5.75 Å². The van der Waals surface area contributed by atoms with Crippen molar-refractivity contribution in [2.75, 3.05) is 77.4 Å². The van der Waals surface area contributed by atoms with Crippen LogP contribution in [0.15, 0.2) is 42.5 Å². The molecule has 2 aliphatic rings. The SMILES string of the molecule is CCOC(=O)[C@@H]1CSC2(O)CSC[C@@H](C(=O)NCCOCCNC(=O)Cc3c(C)n(C(=O)c4ccc(Cl)cc4)c4ccc(OC)cc34)N(C)CCN12. The Morgan fingerprint density at radius 1 is 1.02 bits per heavy atom. The van der Waals surface area contributed by atoms with Crippen molar-refractivity contribution in [1.82, 2.24) is 25.0 Å². The zero-order valence-electron chi connectivity index (χ0n) is 29.8. The van der Waals surface area contributed by atoms with E-state index < -0.39 is 17.1 Å². The van der Waals surface area contributed by atoms with Crippen LogP contribution in [0.25, 0.3) is 10.9 Å². The molecular formula is C36H46ClN5O8S2. The van der Waals surface area contributed by atoms with E-state index in [4.69, 9.17) is 25.8 Å². The summed E-state index contributed by atoms with van der Waals surface area (Å²) in [6.45, 7) is 5.83. The van der Waals surface area contributed by atoms with Crippen molar-refractivity contribution in [2.24, 2.45) is 0 Å². The first-order valence-electron chi connectivity index (χ1n) is 17.2. The van der Waals surface area contributed by atoms with Crippen LogP contribution in [0.4, 0.5) is 0 Å². The van der Waals surface area contributed by atoms with Crippen LogP contribution < -0.4 is 15.4 Å². The number of benzene rings is 2. The van der Waals surface area contributed by atoms with E-state index in [1.54, 1.807) is 53.8 Å². The number of rotatable bonds is 13. The lowest BCUT2D eigenvalue weighted by molar-refractivity contribution is -0.153. The normalized spacial score (nSPS) is 21.1. The molecule has 13 nitrogen and oxygen atoms in total. The number of thioether (sulfide) groups is 2. The summed E-state index contributed by atoms with van der Waals surface area (Å²) in [7, 11) is 3.43. The van der Waals surface area contributed by atoms with Crippen LogP contribution in [-0.4, -0.2) is 138 Å². The van der Waals surface area contributed by atoms with Gasteiger partial charge in [0.25, 0.3) is 5.91 Å². The van der Waals surface area contributed by atoms with Crippen molar-refractivity contribution < 1.29 is 38.5 Å². The van der Waals surface area contributed by atoms with Crippen molar-refractivity contribution in [3.63, 3.8) is 0 Å². The average molecular weight is 776 g/mol. The van der Waals surface area contributed by atoms with Crippen LogP contribution in [0.3, 0.4) is 0 Å².